The van der Waals surface area contributed by atoms with Crippen molar-refractivity contribution < 1.29 is 13.2 Å². The van der Waals surface area contributed by atoms with Crippen LogP contribution < -0.4 is 10.6 Å². The van der Waals surface area contributed by atoms with Crippen LogP contribution in [0.1, 0.15) is 12.7 Å². The van der Waals surface area contributed by atoms with Gasteiger partial charge in [-0.2, -0.15) is 0 Å². The average Bonchev–Trinajstić information content (AvgIpc) is 2.42. The van der Waals surface area contributed by atoms with Crippen LogP contribution in [0.25, 0.3) is 0 Å². The molecule has 0 fully saturated rings. The lowest BCUT2D eigenvalue weighted by atomic mass is 10.2. The number of hydrogen-bond donors (Lipinski definition) is 2. The number of halogens is 3. The fourth-order valence-corrected chi connectivity index (χ4v) is 1.64. The van der Waals surface area contributed by atoms with E-state index in [1.807, 2.05) is 6.92 Å². The van der Waals surface area contributed by atoms with E-state index in [0.29, 0.717) is 30.2 Å². The van der Waals surface area contributed by atoms with E-state index in [4.69, 9.17) is 0 Å². The van der Waals surface area contributed by atoms with Gasteiger partial charge in [-0.1, -0.05) is 6.92 Å². The van der Waals surface area contributed by atoms with Crippen LogP contribution in [0, 0.1) is 17.5 Å². The lowest BCUT2D eigenvalue weighted by Crippen LogP contribution is -2.05. The molecule has 0 radical (unpaired) electrons. The van der Waals surface area contributed by atoms with Crippen molar-refractivity contribution in [3.8, 4) is 0 Å². The Morgan fingerprint density at radius 1 is 1.00 bits per heavy atom. The zero-order valence-corrected chi connectivity index (χ0v) is 11.0. The molecule has 7 heteroatoms. The molecule has 106 valence electrons. The highest BCUT2D eigenvalue weighted by molar-refractivity contribution is 5.60. The molecule has 0 bridgehead atoms. The Labute approximate surface area is 114 Å². The van der Waals surface area contributed by atoms with Crippen molar-refractivity contribution >= 4 is 17.3 Å². The molecule has 0 unspecified atom stereocenters. The van der Waals surface area contributed by atoms with E-state index in [0.717, 1.165) is 0 Å². The quantitative estimate of drug-likeness (QED) is 0.904. The first-order valence-corrected chi connectivity index (χ1v) is 6.00. The van der Waals surface area contributed by atoms with E-state index in [1.54, 1.807) is 7.05 Å². The maximum Gasteiger partial charge on any atom is 0.152 e. The van der Waals surface area contributed by atoms with Gasteiger partial charge in [-0.15, -0.1) is 0 Å². The van der Waals surface area contributed by atoms with Gasteiger partial charge in [0.05, 0.1) is 0 Å². The summed E-state index contributed by atoms with van der Waals surface area (Å²) in [6.07, 6.45) is 0.568. The Hall–Kier alpha value is -2.31. The van der Waals surface area contributed by atoms with Gasteiger partial charge in [0.1, 0.15) is 29.0 Å². The fraction of sp³-hybridized carbons (Fsp3) is 0.231. The second-order valence-corrected chi connectivity index (χ2v) is 4.03. The molecule has 2 N–H and O–H groups in total. The molecule has 2 aromatic rings. The highest BCUT2D eigenvalue weighted by atomic mass is 19.1. The van der Waals surface area contributed by atoms with E-state index in [9.17, 15) is 13.2 Å². The van der Waals surface area contributed by atoms with Crippen molar-refractivity contribution in [2.75, 3.05) is 17.7 Å². The zero-order chi connectivity index (χ0) is 14.7. The minimum atomic E-state index is -1.02. The molecule has 0 spiro atoms. The number of rotatable bonds is 4. The van der Waals surface area contributed by atoms with Crippen molar-refractivity contribution in [2.24, 2.45) is 0 Å². The summed E-state index contributed by atoms with van der Waals surface area (Å²) in [5.74, 6) is -1.76. The van der Waals surface area contributed by atoms with Crippen molar-refractivity contribution in [2.45, 2.75) is 13.3 Å². The van der Waals surface area contributed by atoms with Gasteiger partial charge in [-0.05, 0) is 0 Å². The summed E-state index contributed by atoms with van der Waals surface area (Å²) in [6, 6.07) is 2.71. The lowest BCUT2D eigenvalue weighted by Gasteiger charge is -2.10. The molecule has 1 aromatic carbocycles. The predicted octanol–water partition coefficient (Wildman–Crippen LogP) is 3.24. The maximum atomic E-state index is 13.6. The molecule has 0 aliphatic carbocycles. The molecule has 0 aliphatic heterocycles. The van der Waals surface area contributed by atoms with Crippen LogP contribution in [0.2, 0.25) is 0 Å². The van der Waals surface area contributed by atoms with Crippen LogP contribution in [-0.2, 0) is 6.42 Å². The summed E-state index contributed by atoms with van der Waals surface area (Å²) >= 11 is 0. The molecule has 2 rings (SSSR count). The normalized spacial score (nSPS) is 10.4. The molecule has 0 aliphatic rings. The Morgan fingerprint density at radius 2 is 1.60 bits per heavy atom. The van der Waals surface area contributed by atoms with Gasteiger partial charge >= 0.3 is 0 Å². The Morgan fingerprint density at radius 3 is 2.15 bits per heavy atom. The third-order valence-electron chi connectivity index (χ3n) is 2.60. The SMILES string of the molecule is CCc1nc(NC)cc(Nc2c(F)cc(F)cc2F)n1. The fourth-order valence-electron chi connectivity index (χ4n) is 1.64. The Bertz CT molecular complexity index is 586. The first-order valence-electron chi connectivity index (χ1n) is 6.00. The molecule has 0 saturated heterocycles. The summed E-state index contributed by atoms with van der Waals surface area (Å²) in [5, 5.41) is 5.34. The van der Waals surface area contributed by atoms with Gasteiger partial charge in [0, 0.05) is 31.7 Å². The smallest absolute Gasteiger partial charge is 0.152 e. The maximum absolute atomic E-state index is 13.6. The summed E-state index contributed by atoms with van der Waals surface area (Å²) in [5.41, 5.74) is -0.450. The van der Waals surface area contributed by atoms with Crippen molar-refractivity contribution in [1.29, 1.82) is 0 Å². The molecule has 1 aromatic heterocycles. The molecule has 0 atom stereocenters. The minimum absolute atomic E-state index is 0.227. The Balaban J connectivity index is 2.39. The minimum Gasteiger partial charge on any atom is -0.373 e. The van der Waals surface area contributed by atoms with Gasteiger partial charge in [-0.3, -0.25) is 0 Å². The van der Waals surface area contributed by atoms with Gasteiger partial charge in [-0.25, -0.2) is 23.1 Å². The third kappa shape index (κ3) is 2.98. The van der Waals surface area contributed by atoms with Gasteiger partial charge in [0.2, 0.25) is 0 Å². The van der Waals surface area contributed by atoms with Crippen LogP contribution in [0.5, 0.6) is 0 Å². The van der Waals surface area contributed by atoms with E-state index in [1.165, 1.54) is 6.07 Å². The number of aryl methyl sites for hydroxylation is 1. The van der Waals surface area contributed by atoms with Crippen molar-refractivity contribution in [1.82, 2.24) is 9.97 Å². The number of anilines is 3. The summed E-state index contributed by atoms with van der Waals surface area (Å²) in [6.45, 7) is 1.86. The molecule has 0 saturated carbocycles. The highest BCUT2D eigenvalue weighted by Gasteiger charge is 2.13. The average molecular weight is 282 g/mol. The second kappa shape index (κ2) is 5.77. The van der Waals surface area contributed by atoms with Crippen molar-refractivity contribution in [3.63, 3.8) is 0 Å². The molecule has 20 heavy (non-hydrogen) atoms. The number of hydrogen-bond acceptors (Lipinski definition) is 4. The number of nitrogens with one attached hydrogen (secondary N) is 2. The lowest BCUT2D eigenvalue weighted by molar-refractivity contribution is 0.548. The van der Waals surface area contributed by atoms with E-state index in [2.05, 4.69) is 20.6 Å². The predicted molar refractivity (Wildman–Crippen MR) is 70.6 cm³/mol. The molecule has 4 nitrogen and oxygen atoms in total. The number of nitrogens with zero attached hydrogens (tertiary/aromatic N) is 2. The largest absolute Gasteiger partial charge is 0.373 e. The molecule has 0 amide bonds. The topological polar surface area (TPSA) is 49.8 Å². The van der Waals surface area contributed by atoms with Crippen LogP contribution in [0.3, 0.4) is 0 Å². The van der Waals surface area contributed by atoms with Crippen LogP contribution >= 0.6 is 0 Å². The second-order valence-electron chi connectivity index (χ2n) is 4.03. The van der Waals surface area contributed by atoms with Gasteiger partial charge in [0.15, 0.2) is 11.6 Å². The molecular formula is C13H13F3N4. The van der Waals surface area contributed by atoms with Gasteiger partial charge < -0.3 is 10.6 Å². The Kier molecular flexibility index (Phi) is 4.07. The van der Waals surface area contributed by atoms with E-state index >= 15 is 0 Å². The van der Waals surface area contributed by atoms with Crippen LogP contribution in [0.15, 0.2) is 18.2 Å². The van der Waals surface area contributed by atoms with E-state index < -0.39 is 23.1 Å². The molecular weight excluding hydrogens is 269 g/mol. The zero-order valence-electron chi connectivity index (χ0n) is 11.0. The number of aromatic nitrogens is 2. The van der Waals surface area contributed by atoms with E-state index in [-0.39, 0.29) is 5.82 Å². The van der Waals surface area contributed by atoms with Crippen LogP contribution in [0.4, 0.5) is 30.5 Å². The first kappa shape index (κ1) is 14.1. The van der Waals surface area contributed by atoms with Crippen LogP contribution in [-0.4, -0.2) is 17.0 Å². The van der Waals surface area contributed by atoms with Crippen molar-refractivity contribution in [3.05, 3.63) is 41.5 Å². The summed E-state index contributed by atoms with van der Waals surface area (Å²) in [7, 11) is 1.67. The highest BCUT2D eigenvalue weighted by Crippen LogP contribution is 2.24. The summed E-state index contributed by atoms with van der Waals surface area (Å²) < 4.78 is 40.0. The molecule has 1 heterocycles. The first-order chi connectivity index (χ1) is 9.53. The summed E-state index contributed by atoms with van der Waals surface area (Å²) in [4.78, 5) is 8.27. The third-order valence-corrected chi connectivity index (χ3v) is 2.60. The number of benzene rings is 1. The van der Waals surface area contributed by atoms with Gasteiger partial charge in [0.25, 0.3) is 0 Å². The monoisotopic (exact) mass is 282 g/mol. The standard InChI is InChI=1S/C13H13F3N4/c1-3-10-18-11(17-2)6-12(19-10)20-13-8(15)4-7(14)5-9(13)16/h4-6H,3H2,1-2H3,(H2,17,18,19,20).